The second kappa shape index (κ2) is 7.84. The van der Waals surface area contributed by atoms with E-state index >= 15 is 0 Å². The first-order valence-electron chi connectivity index (χ1n) is 11.0. The van der Waals surface area contributed by atoms with Crippen LogP contribution in [0.15, 0.2) is 48.7 Å². The molecule has 154 valence electrons. The molecule has 2 aliphatic heterocycles. The van der Waals surface area contributed by atoms with Crippen molar-refractivity contribution >= 4 is 17.2 Å². The maximum absolute atomic E-state index is 10.6. The summed E-state index contributed by atoms with van der Waals surface area (Å²) < 4.78 is 6.59. The highest BCUT2D eigenvalue weighted by Gasteiger charge is 2.39. The molecule has 0 radical (unpaired) electrons. The maximum atomic E-state index is 10.6. The Hall–Kier alpha value is -2.72. The van der Waals surface area contributed by atoms with Gasteiger partial charge in [-0.25, -0.2) is 0 Å². The van der Waals surface area contributed by atoms with Crippen LogP contribution in [0.2, 0.25) is 0 Å². The molecule has 0 N–H and O–H groups in total. The van der Waals surface area contributed by atoms with Crippen molar-refractivity contribution in [3.8, 4) is 16.9 Å². The van der Waals surface area contributed by atoms with Crippen molar-refractivity contribution in [2.24, 2.45) is 0 Å². The molecule has 3 aromatic rings. The van der Waals surface area contributed by atoms with Crippen LogP contribution in [0, 0.1) is 6.92 Å². The molecule has 0 aliphatic carbocycles. The van der Waals surface area contributed by atoms with E-state index in [0.29, 0.717) is 6.42 Å². The maximum Gasteiger partial charge on any atom is 0.123 e. The summed E-state index contributed by atoms with van der Waals surface area (Å²) >= 11 is 0. The van der Waals surface area contributed by atoms with Crippen molar-refractivity contribution < 1.29 is 9.53 Å². The largest absolute Gasteiger partial charge is 0.487 e. The van der Waals surface area contributed by atoms with Gasteiger partial charge >= 0.3 is 0 Å². The van der Waals surface area contributed by atoms with Crippen LogP contribution in [0.25, 0.3) is 22.0 Å². The summed E-state index contributed by atoms with van der Waals surface area (Å²) in [5, 5.41) is 1.21. The summed E-state index contributed by atoms with van der Waals surface area (Å²) in [7, 11) is 0. The number of likely N-dealkylation sites (tertiary alicyclic amines) is 1. The molecule has 1 spiro atoms. The first-order chi connectivity index (χ1) is 14.7. The summed E-state index contributed by atoms with van der Waals surface area (Å²) in [6.07, 6.45) is 7.85. The number of piperidine rings is 1. The summed E-state index contributed by atoms with van der Waals surface area (Å²) in [6.45, 7) is 5.09. The summed E-state index contributed by atoms with van der Waals surface area (Å²) in [4.78, 5) is 17.7. The number of pyridine rings is 1. The van der Waals surface area contributed by atoms with Crippen molar-refractivity contribution in [1.82, 2.24) is 9.88 Å². The molecular weight excluding hydrogens is 372 g/mol. The third kappa shape index (κ3) is 3.50. The second-order valence-electron chi connectivity index (χ2n) is 8.72. The predicted octanol–water partition coefficient (Wildman–Crippen LogP) is 4.96. The molecule has 0 bridgehead atoms. The first kappa shape index (κ1) is 19.3. The van der Waals surface area contributed by atoms with Gasteiger partial charge in [0.15, 0.2) is 0 Å². The Kier molecular flexibility index (Phi) is 5.03. The smallest absolute Gasteiger partial charge is 0.123 e. The summed E-state index contributed by atoms with van der Waals surface area (Å²) in [5.41, 5.74) is 5.99. The number of carbonyl (C=O) groups is 1. The summed E-state index contributed by atoms with van der Waals surface area (Å²) in [6, 6.07) is 14.9. The van der Waals surface area contributed by atoms with E-state index in [1.165, 1.54) is 27.6 Å². The molecule has 0 saturated carbocycles. The Morgan fingerprint density at radius 3 is 2.80 bits per heavy atom. The lowest BCUT2D eigenvalue weighted by Crippen LogP contribution is -2.49. The number of hydrogen-bond acceptors (Lipinski definition) is 4. The third-order valence-corrected chi connectivity index (χ3v) is 6.92. The lowest BCUT2D eigenvalue weighted by molar-refractivity contribution is -0.108. The normalized spacial score (nSPS) is 18.2. The van der Waals surface area contributed by atoms with Crippen LogP contribution in [0.1, 0.15) is 36.8 Å². The Balaban J connectivity index is 1.37. The number of aldehydes is 1. The number of nitrogens with zero attached hydrogens (tertiary/aromatic N) is 2. The van der Waals surface area contributed by atoms with Gasteiger partial charge in [0.2, 0.25) is 0 Å². The second-order valence-corrected chi connectivity index (χ2v) is 8.72. The molecule has 5 rings (SSSR count). The van der Waals surface area contributed by atoms with E-state index in [0.717, 1.165) is 62.9 Å². The number of aromatic nitrogens is 1. The highest BCUT2D eigenvalue weighted by atomic mass is 16.5. The van der Waals surface area contributed by atoms with Crippen molar-refractivity contribution in [3.63, 3.8) is 0 Å². The van der Waals surface area contributed by atoms with E-state index in [-0.39, 0.29) is 5.60 Å². The van der Waals surface area contributed by atoms with Crippen LogP contribution in [-0.4, -0.2) is 41.4 Å². The van der Waals surface area contributed by atoms with Crippen LogP contribution < -0.4 is 4.74 Å². The van der Waals surface area contributed by atoms with Crippen molar-refractivity contribution in [2.75, 3.05) is 19.6 Å². The molecule has 4 nitrogen and oxygen atoms in total. The van der Waals surface area contributed by atoms with E-state index in [2.05, 4.69) is 53.2 Å². The minimum atomic E-state index is -0.0351. The molecular formula is C26H28N2O2. The fraction of sp³-hybridized carbons (Fsp3) is 0.385. The Labute approximate surface area is 177 Å². The first-order valence-corrected chi connectivity index (χ1v) is 11.0. The molecule has 4 heteroatoms. The Morgan fingerprint density at radius 1 is 1.13 bits per heavy atom. The third-order valence-electron chi connectivity index (χ3n) is 6.92. The molecule has 1 aromatic heterocycles. The number of ether oxygens (including phenoxy) is 1. The minimum Gasteiger partial charge on any atom is -0.487 e. The van der Waals surface area contributed by atoms with E-state index in [1.54, 1.807) is 0 Å². The topological polar surface area (TPSA) is 42.4 Å². The zero-order valence-electron chi connectivity index (χ0n) is 17.6. The quantitative estimate of drug-likeness (QED) is 0.581. The number of rotatable bonds is 4. The van der Waals surface area contributed by atoms with E-state index in [9.17, 15) is 4.79 Å². The highest BCUT2D eigenvalue weighted by Crippen LogP contribution is 2.41. The van der Waals surface area contributed by atoms with Crippen molar-refractivity contribution in [1.29, 1.82) is 0 Å². The molecule has 2 aliphatic rings. The fourth-order valence-corrected chi connectivity index (χ4v) is 5.03. The SMILES string of the molecule is Cc1c(-c2ccc3c(c2)CCC2(CCN(CCC=O)CC2)O3)cnc2ccccc12. The molecule has 1 fully saturated rings. The molecule has 3 heterocycles. The number of benzene rings is 2. The Morgan fingerprint density at radius 2 is 1.97 bits per heavy atom. The average molecular weight is 401 g/mol. The average Bonchev–Trinajstić information content (AvgIpc) is 2.79. The van der Waals surface area contributed by atoms with Crippen LogP contribution >= 0.6 is 0 Å². The summed E-state index contributed by atoms with van der Waals surface area (Å²) in [5.74, 6) is 1.04. The zero-order chi connectivity index (χ0) is 20.6. The molecule has 2 aromatic carbocycles. The highest BCUT2D eigenvalue weighted by molar-refractivity contribution is 5.88. The van der Waals surface area contributed by atoms with Gasteiger partial charge < -0.3 is 14.4 Å². The van der Waals surface area contributed by atoms with Gasteiger partial charge in [0.25, 0.3) is 0 Å². The lowest BCUT2D eigenvalue weighted by Gasteiger charge is -2.44. The fourth-order valence-electron chi connectivity index (χ4n) is 5.03. The van der Waals surface area contributed by atoms with Gasteiger partial charge in [-0.1, -0.05) is 24.3 Å². The number of fused-ring (bicyclic) bond motifs is 2. The number of aryl methyl sites for hydroxylation is 2. The number of para-hydroxylation sites is 1. The van der Waals surface area contributed by atoms with E-state index in [4.69, 9.17) is 4.74 Å². The molecule has 30 heavy (non-hydrogen) atoms. The minimum absolute atomic E-state index is 0.0351. The van der Waals surface area contributed by atoms with Crippen molar-refractivity contribution in [2.45, 2.75) is 44.6 Å². The van der Waals surface area contributed by atoms with Crippen molar-refractivity contribution in [3.05, 3.63) is 59.8 Å². The van der Waals surface area contributed by atoms with Gasteiger partial charge in [0, 0.05) is 43.2 Å². The molecule has 1 saturated heterocycles. The van der Waals surface area contributed by atoms with Gasteiger partial charge in [-0.15, -0.1) is 0 Å². The van der Waals surface area contributed by atoms with Gasteiger partial charge in [-0.2, -0.15) is 0 Å². The Bertz CT molecular complexity index is 1080. The van der Waals surface area contributed by atoms with Gasteiger partial charge in [0.1, 0.15) is 17.6 Å². The van der Waals surface area contributed by atoms with Crippen LogP contribution in [-0.2, 0) is 11.2 Å². The number of carbonyl (C=O) groups excluding carboxylic acids is 1. The van der Waals surface area contributed by atoms with Gasteiger partial charge in [-0.3, -0.25) is 4.98 Å². The van der Waals surface area contributed by atoms with Gasteiger partial charge in [-0.05, 0) is 67.5 Å². The standard InChI is InChI=1S/C26H28N2O2/c1-19-22-5-2-3-6-24(22)27-18-23(19)20-7-8-25-21(17-20)9-10-26(30-25)11-14-28(15-12-26)13-4-16-29/h2-3,5-8,16-18H,4,9-15H2,1H3. The lowest BCUT2D eigenvalue weighted by atomic mass is 9.82. The van der Waals surface area contributed by atoms with Gasteiger partial charge in [0.05, 0.1) is 5.52 Å². The number of hydrogen-bond donors (Lipinski definition) is 0. The van der Waals surface area contributed by atoms with Crippen LogP contribution in [0.4, 0.5) is 0 Å². The van der Waals surface area contributed by atoms with E-state index in [1.807, 2.05) is 12.3 Å². The molecule has 0 amide bonds. The van der Waals surface area contributed by atoms with E-state index < -0.39 is 0 Å². The predicted molar refractivity (Wildman–Crippen MR) is 120 cm³/mol. The molecule has 0 atom stereocenters. The van der Waals surface area contributed by atoms with Crippen LogP contribution in [0.3, 0.4) is 0 Å². The molecule has 0 unspecified atom stereocenters. The van der Waals surface area contributed by atoms with Crippen LogP contribution in [0.5, 0.6) is 5.75 Å². The zero-order valence-corrected chi connectivity index (χ0v) is 17.6. The monoisotopic (exact) mass is 400 g/mol.